The van der Waals surface area contributed by atoms with Gasteiger partial charge in [-0.2, -0.15) is 5.10 Å². The number of hydrogen-bond donors (Lipinski definition) is 1. The van der Waals surface area contributed by atoms with Gasteiger partial charge in [-0.15, -0.1) is 0 Å². The van der Waals surface area contributed by atoms with Crippen LogP contribution in [0.2, 0.25) is 0 Å². The van der Waals surface area contributed by atoms with Crippen molar-refractivity contribution in [3.8, 4) is 0 Å². The normalized spacial score (nSPS) is 20.4. The van der Waals surface area contributed by atoms with Gasteiger partial charge in [-0.3, -0.25) is 9.59 Å². The van der Waals surface area contributed by atoms with Crippen LogP contribution >= 0.6 is 0 Å². The summed E-state index contributed by atoms with van der Waals surface area (Å²) in [5, 5.41) is 4.03. The highest BCUT2D eigenvalue weighted by Crippen LogP contribution is 2.14. The standard InChI is InChI=1S/C13H21N3O2/c17-12(15-14-11-7-3-4-8-11)13(18)16-9-5-1-2-6-10-16/h1-10H2,(H,15,17). The minimum Gasteiger partial charge on any atom is -0.334 e. The van der Waals surface area contributed by atoms with E-state index in [2.05, 4.69) is 10.5 Å². The SMILES string of the molecule is O=C(NN=C1CCCC1)C(=O)N1CCCCCC1. The minimum absolute atomic E-state index is 0.431. The van der Waals surface area contributed by atoms with E-state index in [-0.39, 0.29) is 0 Å². The molecule has 1 heterocycles. The zero-order valence-electron chi connectivity index (χ0n) is 10.8. The fraction of sp³-hybridized carbons (Fsp3) is 0.769. The highest BCUT2D eigenvalue weighted by atomic mass is 16.2. The molecule has 0 aromatic heterocycles. The van der Waals surface area contributed by atoms with Crippen molar-refractivity contribution in [2.75, 3.05) is 13.1 Å². The summed E-state index contributed by atoms with van der Waals surface area (Å²) in [6.07, 6.45) is 8.43. The number of rotatable bonds is 1. The van der Waals surface area contributed by atoms with E-state index in [9.17, 15) is 9.59 Å². The first-order valence-electron chi connectivity index (χ1n) is 6.92. The van der Waals surface area contributed by atoms with E-state index >= 15 is 0 Å². The number of hydrogen-bond acceptors (Lipinski definition) is 3. The Morgan fingerprint density at radius 2 is 1.56 bits per heavy atom. The third kappa shape index (κ3) is 3.55. The molecule has 0 radical (unpaired) electrons. The molecule has 18 heavy (non-hydrogen) atoms. The summed E-state index contributed by atoms with van der Waals surface area (Å²) in [7, 11) is 0. The van der Waals surface area contributed by atoms with Crippen molar-refractivity contribution >= 4 is 17.5 Å². The topological polar surface area (TPSA) is 61.8 Å². The molecular weight excluding hydrogens is 230 g/mol. The summed E-state index contributed by atoms with van der Waals surface area (Å²) in [4.78, 5) is 25.3. The van der Waals surface area contributed by atoms with Crippen molar-refractivity contribution in [3.05, 3.63) is 0 Å². The number of carbonyl (C=O) groups is 2. The monoisotopic (exact) mass is 251 g/mol. The highest BCUT2D eigenvalue weighted by Gasteiger charge is 2.22. The van der Waals surface area contributed by atoms with Gasteiger partial charge in [0.1, 0.15) is 0 Å². The van der Waals surface area contributed by atoms with Gasteiger partial charge in [0, 0.05) is 18.8 Å². The molecule has 2 amide bonds. The average molecular weight is 251 g/mol. The highest BCUT2D eigenvalue weighted by molar-refractivity contribution is 6.35. The molecule has 1 saturated carbocycles. The summed E-state index contributed by atoms with van der Waals surface area (Å²) in [6, 6.07) is 0. The predicted octanol–water partition coefficient (Wildman–Crippen LogP) is 1.44. The van der Waals surface area contributed by atoms with Gasteiger partial charge in [0.15, 0.2) is 0 Å². The molecule has 1 saturated heterocycles. The van der Waals surface area contributed by atoms with Crippen LogP contribution in [0.4, 0.5) is 0 Å². The third-order valence-electron chi connectivity index (χ3n) is 3.58. The van der Waals surface area contributed by atoms with Crippen LogP contribution < -0.4 is 5.43 Å². The first-order chi connectivity index (χ1) is 8.77. The predicted molar refractivity (Wildman–Crippen MR) is 69.1 cm³/mol. The van der Waals surface area contributed by atoms with Crippen molar-refractivity contribution in [2.45, 2.75) is 51.4 Å². The summed E-state index contributed by atoms with van der Waals surface area (Å²) < 4.78 is 0. The smallest absolute Gasteiger partial charge is 0.329 e. The maximum absolute atomic E-state index is 11.9. The molecule has 0 aromatic rings. The van der Waals surface area contributed by atoms with Crippen molar-refractivity contribution in [2.24, 2.45) is 5.10 Å². The van der Waals surface area contributed by atoms with Crippen LogP contribution in [0.25, 0.3) is 0 Å². The summed E-state index contributed by atoms with van der Waals surface area (Å²) in [6.45, 7) is 1.39. The van der Waals surface area contributed by atoms with Crippen LogP contribution in [0, 0.1) is 0 Å². The summed E-state index contributed by atoms with van der Waals surface area (Å²) in [5.41, 5.74) is 3.41. The number of hydrazone groups is 1. The second-order valence-electron chi connectivity index (χ2n) is 5.03. The molecule has 2 fully saturated rings. The van der Waals surface area contributed by atoms with Gasteiger partial charge in [-0.25, -0.2) is 5.43 Å². The first-order valence-corrected chi connectivity index (χ1v) is 6.92. The van der Waals surface area contributed by atoms with Crippen LogP contribution in [0.1, 0.15) is 51.4 Å². The van der Waals surface area contributed by atoms with Crippen LogP contribution in [0.5, 0.6) is 0 Å². The Labute approximate surface area is 108 Å². The molecule has 0 unspecified atom stereocenters. The number of nitrogens with one attached hydrogen (secondary N) is 1. The van der Waals surface area contributed by atoms with Gasteiger partial charge in [0.25, 0.3) is 0 Å². The van der Waals surface area contributed by atoms with Gasteiger partial charge in [-0.05, 0) is 38.5 Å². The Kier molecular flexibility index (Phi) is 4.73. The molecule has 1 N–H and O–H groups in total. The van der Waals surface area contributed by atoms with E-state index in [0.29, 0.717) is 13.1 Å². The molecule has 0 atom stereocenters. The second-order valence-corrected chi connectivity index (χ2v) is 5.03. The third-order valence-corrected chi connectivity index (χ3v) is 3.58. The molecule has 5 nitrogen and oxygen atoms in total. The zero-order valence-corrected chi connectivity index (χ0v) is 10.8. The molecule has 5 heteroatoms. The summed E-state index contributed by atoms with van der Waals surface area (Å²) in [5.74, 6) is -1.02. The van der Waals surface area contributed by atoms with E-state index in [0.717, 1.165) is 57.1 Å². The van der Waals surface area contributed by atoms with E-state index < -0.39 is 11.8 Å². The molecule has 1 aliphatic heterocycles. The molecule has 100 valence electrons. The Balaban J connectivity index is 1.83. The molecule has 0 aromatic carbocycles. The van der Waals surface area contributed by atoms with E-state index in [1.54, 1.807) is 4.90 Å². The van der Waals surface area contributed by atoms with E-state index in [1.807, 2.05) is 0 Å². The lowest BCUT2D eigenvalue weighted by Gasteiger charge is -2.18. The number of likely N-dealkylation sites (tertiary alicyclic amines) is 1. The molecule has 2 rings (SSSR count). The molecular formula is C13H21N3O2. The van der Waals surface area contributed by atoms with Gasteiger partial charge < -0.3 is 4.90 Å². The van der Waals surface area contributed by atoms with Gasteiger partial charge in [-0.1, -0.05) is 12.8 Å². The van der Waals surface area contributed by atoms with Crippen molar-refractivity contribution in [1.82, 2.24) is 10.3 Å². The number of carbonyl (C=O) groups excluding carboxylic acids is 2. The lowest BCUT2D eigenvalue weighted by molar-refractivity contribution is -0.145. The van der Waals surface area contributed by atoms with Crippen molar-refractivity contribution in [1.29, 1.82) is 0 Å². The van der Waals surface area contributed by atoms with Crippen LogP contribution in [0.15, 0.2) is 5.10 Å². The first kappa shape index (κ1) is 13.1. The average Bonchev–Trinajstić information content (AvgIpc) is 2.75. The lowest BCUT2D eigenvalue weighted by atomic mass is 10.2. The van der Waals surface area contributed by atoms with Gasteiger partial charge >= 0.3 is 11.8 Å². The van der Waals surface area contributed by atoms with E-state index in [4.69, 9.17) is 0 Å². The zero-order chi connectivity index (χ0) is 12.8. The quantitative estimate of drug-likeness (QED) is 0.566. The van der Waals surface area contributed by atoms with Gasteiger partial charge in [0.2, 0.25) is 0 Å². The fourth-order valence-corrected chi connectivity index (χ4v) is 2.49. The van der Waals surface area contributed by atoms with Crippen LogP contribution in [-0.2, 0) is 9.59 Å². The Morgan fingerprint density at radius 3 is 2.17 bits per heavy atom. The molecule has 1 aliphatic carbocycles. The summed E-state index contributed by atoms with van der Waals surface area (Å²) >= 11 is 0. The van der Waals surface area contributed by atoms with Crippen molar-refractivity contribution in [3.63, 3.8) is 0 Å². The lowest BCUT2D eigenvalue weighted by Crippen LogP contribution is -2.42. The number of amides is 2. The second kappa shape index (κ2) is 6.52. The minimum atomic E-state index is -0.587. The van der Waals surface area contributed by atoms with Crippen LogP contribution in [-0.4, -0.2) is 35.5 Å². The van der Waals surface area contributed by atoms with E-state index in [1.165, 1.54) is 0 Å². The Hall–Kier alpha value is -1.39. The van der Waals surface area contributed by atoms with Gasteiger partial charge in [0.05, 0.1) is 0 Å². The molecule has 2 aliphatic rings. The Morgan fingerprint density at radius 1 is 0.944 bits per heavy atom. The fourth-order valence-electron chi connectivity index (χ4n) is 2.49. The Bertz CT molecular complexity index is 336. The van der Waals surface area contributed by atoms with Crippen LogP contribution in [0.3, 0.4) is 0 Å². The maximum atomic E-state index is 11.9. The largest absolute Gasteiger partial charge is 0.334 e. The van der Waals surface area contributed by atoms with Crippen molar-refractivity contribution < 1.29 is 9.59 Å². The molecule has 0 spiro atoms. The maximum Gasteiger partial charge on any atom is 0.329 e. The molecule has 0 bridgehead atoms. The number of nitrogens with zero attached hydrogens (tertiary/aromatic N) is 2.